The van der Waals surface area contributed by atoms with Gasteiger partial charge < -0.3 is 35.6 Å². The molecule has 1 aromatic carbocycles. The lowest BCUT2D eigenvalue weighted by Gasteiger charge is -2.43. The first kappa shape index (κ1) is 27.2. The van der Waals surface area contributed by atoms with Crippen LogP contribution in [-0.2, 0) is 10.3 Å². The van der Waals surface area contributed by atoms with Crippen LogP contribution in [0.15, 0.2) is 18.2 Å². The van der Waals surface area contributed by atoms with Crippen molar-refractivity contribution < 1.29 is 24.9 Å². The molecule has 3 atom stereocenters. The minimum absolute atomic E-state index is 0.0333. The number of hydrogen-bond donors (Lipinski definition) is 5. The predicted octanol–water partition coefficient (Wildman–Crippen LogP) is 3.16. The van der Waals surface area contributed by atoms with Crippen LogP contribution in [0, 0.1) is 11.8 Å². The van der Waals surface area contributed by atoms with Crippen molar-refractivity contribution in [3.05, 3.63) is 23.8 Å². The third-order valence-corrected chi connectivity index (χ3v) is 6.56. The molecule has 0 saturated carbocycles. The lowest BCUT2D eigenvalue weighted by molar-refractivity contribution is -0.0579. The standard InChI is InChI=1S/C25H43N3O5/c1-18(2)15-20(16-26-3)27-24(31)28-13-8-9-19(17-28)25(32,12-5-6-14-33-4)21-10-7-11-22(29)23(21)30/h7,10-11,18-20,26,29-30,32H,5-6,8-9,12-17H2,1-4H3,(H,27,31)/t19-,20+,25+/m1/s1. The number of likely N-dealkylation sites (N-methyl/N-ethyl adjacent to an activating group) is 1. The van der Waals surface area contributed by atoms with Gasteiger partial charge in [0.2, 0.25) is 0 Å². The van der Waals surface area contributed by atoms with E-state index < -0.39 is 5.60 Å². The number of hydrogen-bond acceptors (Lipinski definition) is 6. The van der Waals surface area contributed by atoms with E-state index in [0.717, 1.165) is 25.7 Å². The Bertz CT molecular complexity index is 745. The number of methoxy groups -OCH3 is 1. The summed E-state index contributed by atoms with van der Waals surface area (Å²) in [6.07, 6.45) is 4.25. The molecule has 0 bridgehead atoms. The van der Waals surface area contributed by atoms with E-state index in [1.54, 1.807) is 24.1 Å². The smallest absolute Gasteiger partial charge is 0.317 e. The number of unbranched alkanes of at least 4 members (excludes halogenated alkanes) is 1. The highest BCUT2D eigenvalue weighted by atomic mass is 16.5. The second-order valence-electron chi connectivity index (χ2n) is 9.67. The van der Waals surface area contributed by atoms with Crippen LogP contribution in [0.25, 0.3) is 0 Å². The van der Waals surface area contributed by atoms with Gasteiger partial charge >= 0.3 is 6.03 Å². The number of nitrogens with one attached hydrogen (secondary N) is 2. The third-order valence-electron chi connectivity index (χ3n) is 6.56. The topological polar surface area (TPSA) is 114 Å². The van der Waals surface area contributed by atoms with Crippen LogP contribution in [0.1, 0.15) is 57.9 Å². The molecule has 8 heteroatoms. The SMILES string of the molecule is CNC[C@H](CC(C)C)NC(=O)N1CCC[C@@H]([C@@](O)(CCCCOC)c2cccc(O)c2O)C1. The first-order valence-corrected chi connectivity index (χ1v) is 12.2. The number of rotatable bonds is 12. The minimum Gasteiger partial charge on any atom is -0.504 e. The number of piperidine rings is 1. The molecule has 2 amide bonds. The third kappa shape index (κ3) is 7.48. The van der Waals surface area contributed by atoms with Crippen molar-refractivity contribution in [1.29, 1.82) is 0 Å². The summed E-state index contributed by atoms with van der Waals surface area (Å²) >= 11 is 0. The number of aliphatic hydroxyl groups is 1. The highest BCUT2D eigenvalue weighted by molar-refractivity contribution is 5.74. The average molecular weight is 466 g/mol. The molecule has 33 heavy (non-hydrogen) atoms. The Kier molecular flexibility index (Phi) is 10.7. The van der Waals surface area contributed by atoms with Gasteiger partial charge in [-0.1, -0.05) is 26.0 Å². The van der Waals surface area contributed by atoms with Gasteiger partial charge in [0.05, 0.1) is 5.60 Å². The number of nitrogens with zero attached hydrogens (tertiary/aromatic N) is 1. The van der Waals surface area contributed by atoms with Crippen LogP contribution in [0.5, 0.6) is 11.5 Å². The molecule has 188 valence electrons. The molecule has 1 saturated heterocycles. The van der Waals surface area contributed by atoms with E-state index in [4.69, 9.17) is 4.74 Å². The summed E-state index contributed by atoms with van der Waals surface area (Å²) in [4.78, 5) is 14.9. The van der Waals surface area contributed by atoms with E-state index in [1.165, 1.54) is 6.07 Å². The van der Waals surface area contributed by atoms with Gasteiger partial charge in [0.1, 0.15) is 0 Å². The van der Waals surface area contributed by atoms with E-state index >= 15 is 0 Å². The zero-order valence-corrected chi connectivity index (χ0v) is 20.6. The summed E-state index contributed by atoms with van der Waals surface area (Å²) < 4.78 is 5.15. The number of likely N-dealkylation sites (tertiary alicyclic amines) is 1. The van der Waals surface area contributed by atoms with Crippen molar-refractivity contribution in [3.8, 4) is 11.5 Å². The molecule has 8 nitrogen and oxygen atoms in total. The molecule has 0 unspecified atom stereocenters. The van der Waals surface area contributed by atoms with Crippen LogP contribution in [0.2, 0.25) is 0 Å². The number of para-hydroxylation sites is 1. The molecule has 5 N–H and O–H groups in total. The fourth-order valence-electron chi connectivity index (χ4n) is 4.91. The van der Waals surface area contributed by atoms with E-state index in [2.05, 4.69) is 24.5 Å². The van der Waals surface area contributed by atoms with Crippen LogP contribution in [0.4, 0.5) is 4.79 Å². The van der Waals surface area contributed by atoms with Crippen molar-refractivity contribution in [1.82, 2.24) is 15.5 Å². The highest BCUT2D eigenvalue weighted by Gasteiger charge is 2.43. The van der Waals surface area contributed by atoms with E-state index in [1.807, 2.05) is 7.05 Å². The maximum Gasteiger partial charge on any atom is 0.317 e. The van der Waals surface area contributed by atoms with E-state index in [9.17, 15) is 20.1 Å². The average Bonchev–Trinajstić information content (AvgIpc) is 2.78. The normalized spacial score (nSPS) is 19.3. The van der Waals surface area contributed by atoms with Gasteiger partial charge in [0, 0.05) is 50.9 Å². The zero-order valence-electron chi connectivity index (χ0n) is 20.6. The molecular formula is C25H43N3O5. The number of phenols is 2. The fourth-order valence-corrected chi connectivity index (χ4v) is 4.91. The Balaban J connectivity index is 2.21. The minimum atomic E-state index is -1.36. The van der Waals surface area contributed by atoms with Gasteiger partial charge in [-0.05, 0) is 57.6 Å². The van der Waals surface area contributed by atoms with Gasteiger partial charge in [-0.2, -0.15) is 0 Å². The van der Waals surface area contributed by atoms with Gasteiger partial charge in [0.25, 0.3) is 0 Å². The Morgan fingerprint density at radius 1 is 1.30 bits per heavy atom. The maximum absolute atomic E-state index is 13.1. The second-order valence-corrected chi connectivity index (χ2v) is 9.67. The van der Waals surface area contributed by atoms with Crippen molar-refractivity contribution >= 4 is 6.03 Å². The summed E-state index contributed by atoms with van der Waals surface area (Å²) in [5.74, 6) is -0.347. The first-order valence-electron chi connectivity index (χ1n) is 12.2. The molecule has 0 aromatic heterocycles. The number of carbonyl (C=O) groups excluding carboxylic acids is 1. The molecule has 1 aromatic rings. The molecule has 1 aliphatic heterocycles. The lowest BCUT2D eigenvalue weighted by atomic mass is 9.73. The summed E-state index contributed by atoms with van der Waals surface area (Å²) in [5, 5.41) is 38.9. The molecule has 1 aliphatic rings. The largest absolute Gasteiger partial charge is 0.504 e. The van der Waals surface area contributed by atoms with Crippen LogP contribution in [0.3, 0.4) is 0 Å². The van der Waals surface area contributed by atoms with Crippen molar-refractivity contribution in [3.63, 3.8) is 0 Å². The maximum atomic E-state index is 13.1. The van der Waals surface area contributed by atoms with Gasteiger partial charge in [-0.25, -0.2) is 4.79 Å². The first-order chi connectivity index (χ1) is 15.7. The Labute approximate surface area is 198 Å². The van der Waals surface area contributed by atoms with Gasteiger partial charge in [-0.15, -0.1) is 0 Å². The second kappa shape index (κ2) is 13.0. The van der Waals surface area contributed by atoms with Crippen LogP contribution >= 0.6 is 0 Å². The predicted molar refractivity (Wildman–Crippen MR) is 129 cm³/mol. The summed E-state index contributed by atoms with van der Waals surface area (Å²) in [5.41, 5.74) is -1.04. The van der Waals surface area contributed by atoms with Crippen LogP contribution in [-0.4, -0.2) is 72.7 Å². The molecule has 1 heterocycles. The molecule has 1 fully saturated rings. The van der Waals surface area contributed by atoms with Crippen LogP contribution < -0.4 is 10.6 Å². The number of ether oxygens (including phenoxy) is 1. The quantitative estimate of drug-likeness (QED) is 0.239. The summed E-state index contributed by atoms with van der Waals surface area (Å²) in [7, 11) is 3.52. The number of benzene rings is 1. The highest BCUT2D eigenvalue weighted by Crippen LogP contribution is 2.45. The summed E-state index contributed by atoms with van der Waals surface area (Å²) in [6.45, 7) is 6.57. The number of phenolic OH excluding ortho intramolecular Hbond substituents is 2. The van der Waals surface area contributed by atoms with E-state index in [-0.39, 0.29) is 29.5 Å². The molecule has 2 rings (SSSR count). The summed E-state index contributed by atoms with van der Waals surface area (Å²) in [6, 6.07) is 4.61. The van der Waals surface area contributed by atoms with Gasteiger partial charge in [-0.3, -0.25) is 0 Å². The Hall–Kier alpha value is -2.03. The Morgan fingerprint density at radius 2 is 2.06 bits per heavy atom. The van der Waals surface area contributed by atoms with Crippen molar-refractivity contribution in [2.24, 2.45) is 11.8 Å². The molecule has 0 spiro atoms. The monoisotopic (exact) mass is 465 g/mol. The zero-order chi connectivity index (χ0) is 24.4. The van der Waals surface area contributed by atoms with Gasteiger partial charge in [0.15, 0.2) is 11.5 Å². The molecular weight excluding hydrogens is 422 g/mol. The number of aromatic hydroxyl groups is 2. The fraction of sp³-hybridized carbons (Fsp3) is 0.720. The van der Waals surface area contributed by atoms with E-state index in [0.29, 0.717) is 50.6 Å². The number of urea groups is 1. The lowest BCUT2D eigenvalue weighted by Crippen LogP contribution is -2.53. The Morgan fingerprint density at radius 3 is 2.73 bits per heavy atom. The van der Waals surface area contributed by atoms with Crippen molar-refractivity contribution in [2.45, 2.75) is 64.0 Å². The molecule has 0 radical (unpaired) electrons. The van der Waals surface area contributed by atoms with Crippen molar-refractivity contribution in [2.75, 3.05) is 40.4 Å². The number of carbonyl (C=O) groups is 1. The number of amides is 2. The molecule has 0 aliphatic carbocycles.